The monoisotopic (exact) mass is 363 g/mol. The third kappa shape index (κ3) is 4.53. The molecule has 2 aliphatic rings. The summed E-state index contributed by atoms with van der Waals surface area (Å²) >= 11 is 0. The molecule has 0 spiro atoms. The first kappa shape index (κ1) is 18.7. The molecule has 9 heteroatoms. The fraction of sp³-hybridized carbons (Fsp3) is 0.706. The van der Waals surface area contributed by atoms with E-state index in [1.54, 1.807) is 6.07 Å². The van der Waals surface area contributed by atoms with Gasteiger partial charge < -0.3 is 26.4 Å². The number of hydrogen-bond acceptors (Lipinski definition) is 8. The highest BCUT2D eigenvalue weighted by molar-refractivity contribution is 5.66. The van der Waals surface area contributed by atoms with Gasteiger partial charge >= 0.3 is 5.97 Å². The molecule has 0 bridgehead atoms. The molecule has 2 aliphatic heterocycles. The Hall–Kier alpha value is -2.13. The minimum atomic E-state index is -0.741. The van der Waals surface area contributed by atoms with Crippen LogP contribution in [0, 0.1) is 5.92 Å². The highest BCUT2D eigenvalue weighted by Gasteiger charge is 2.35. The smallest absolute Gasteiger partial charge is 0.303 e. The van der Waals surface area contributed by atoms with Gasteiger partial charge in [0, 0.05) is 57.8 Å². The fourth-order valence-corrected chi connectivity index (χ4v) is 4.09. The van der Waals surface area contributed by atoms with Crippen LogP contribution in [0.4, 0.5) is 17.6 Å². The van der Waals surface area contributed by atoms with Gasteiger partial charge in [0.05, 0.1) is 0 Å². The van der Waals surface area contributed by atoms with E-state index in [9.17, 15) is 4.79 Å². The molecule has 0 aliphatic carbocycles. The number of nitrogen functional groups attached to an aromatic ring is 2. The number of hydrogen-bond donors (Lipinski definition) is 3. The van der Waals surface area contributed by atoms with Crippen LogP contribution in [0.5, 0.6) is 0 Å². The molecule has 2 fully saturated rings. The molecule has 1 aromatic heterocycles. The molecule has 2 atom stereocenters. The van der Waals surface area contributed by atoms with Crippen molar-refractivity contribution in [3.05, 3.63) is 6.07 Å². The van der Waals surface area contributed by atoms with Crippen molar-refractivity contribution >= 4 is 23.6 Å². The predicted molar refractivity (Wildman–Crippen MR) is 101 cm³/mol. The number of nitrogens with two attached hydrogens (primary N) is 2. The van der Waals surface area contributed by atoms with Crippen molar-refractivity contribution in [2.75, 3.05) is 62.7 Å². The Morgan fingerprint density at radius 1 is 1.23 bits per heavy atom. The van der Waals surface area contributed by atoms with E-state index in [0.29, 0.717) is 18.3 Å². The third-order valence-corrected chi connectivity index (χ3v) is 5.50. The van der Waals surface area contributed by atoms with Gasteiger partial charge in [-0.25, -0.2) is 0 Å². The van der Waals surface area contributed by atoms with Crippen LogP contribution in [-0.2, 0) is 4.79 Å². The summed E-state index contributed by atoms with van der Waals surface area (Å²) in [6.45, 7) is 5.82. The normalized spacial score (nSPS) is 25.3. The van der Waals surface area contributed by atoms with E-state index in [0.717, 1.165) is 51.5 Å². The van der Waals surface area contributed by atoms with Gasteiger partial charge in [-0.2, -0.15) is 9.97 Å². The molecule has 3 heterocycles. The van der Waals surface area contributed by atoms with E-state index in [4.69, 9.17) is 16.6 Å². The molecule has 0 aromatic carbocycles. The molecule has 5 N–H and O–H groups in total. The number of carbonyl (C=O) groups is 1. The van der Waals surface area contributed by atoms with Crippen molar-refractivity contribution in [2.24, 2.45) is 5.92 Å². The maximum atomic E-state index is 11.1. The van der Waals surface area contributed by atoms with E-state index in [-0.39, 0.29) is 18.3 Å². The maximum Gasteiger partial charge on any atom is 0.303 e. The first-order valence-electron chi connectivity index (χ1n) is 9.21. The second-order valence-corrected chi connectivity index (χ2v) is 7.34. The Morgan fingerprint density at radius 2 is 1.96 bits per heavy atom. The molecule has 0 radical (unpaired) electrons. The lowest BCUT2D eigenvalue weighted by Crippen LogP contribution is -2.56. The van der Waals surface area contributed by atoms with Crippen LogP contribution < -0.4 is 16.4 Å². The molecule has 3 rings (SSSR count). The number of piperazine rings is 1. The number of nitrogens with zero attached hydrogens (tertiary/aromatic N) is 5. The topological polar surface area (TPSA) is 125 Å². The molecule has 144 valence electrons. The lowest BCUT2D eigenvalue weighted by Gasteiger charge is -2.46. The maximum absolute atomic E-state index is 11.1. The Morgan fingerprint density at radius 3 is 2.62 bits per heavy atom. The number of likely N-dealkylation sites (N-methyl/N-ethyl adjacent to an activating group) is 1. The fourth-order valence-electron chi connectivity index (χ4n) is 4.09. The van der Waals surface area contributed by atoms with E-state index < -0.39 is 5.97 Å². The van der Waals surface area contributed by atoms with Crippen molar-refractivity contribution in [1.82, 2.24) is 19.8 Å². The molecular formula is C17H29N7O2. The SMILES string of the molecule is CN1CCN([C@@H]2CCN(c3cc(N)nc(N)n3)C[C@@H]2CCC(=O)O)CC1. The summed E-state index contributed by atoms with van der Waals surface area (Å²) in [6, 6.07) is 2.15. The van der Waals surface area contributed by atoms with Crippen molar-refractivity contribution in [1.29, 1.82) is 0 Å². The lowest BCUT2D eigenvalue weighted by molar-refractivity contribution is -0.137. The van der Waals surface area contributed by atoms with Gasteiger partial charge in [0.25, 0.3) is 0 Å². The zero-order valence-corrected chi connectivity index (χ0v) is 15.3. The van der Waals surface area contributed by atoms with Crippen molar-refractivity contribution in [3.63, 3.8) is 0 Å². The molecule has 26 heavy (non-hydrogen) atoms. The number of piperidine rings is 1. The standard InChI is InChI=1S/C17H29N7O2/c1-22-6-8-23(9-7-22)13-4-5-24(11-12(13)2-3-16(25)26)15-10-14(18)20-17(19)21-15/h10,12-13H,2-9,11H2,1H3,(H,25,26)(H4,18,19,20,21)/t12-,13+/m0/s1. The zero-order chi connectivity index (χ0) is 18.7. The highest BCUT2D eigenvalue weighted by atomic mass is 16.4. The van der Waals surface area contributed by atoms with Gasteiger partial charge in [0.2, 0.25) is 5.95 Å². The minimum absolute atomic E-state index is 0.170. The van der Waals surface area contributed by atoms with Gasteiger partial charge in [-0.05, 0) is 25.8 Å². The second-order valence-electron chi connectivity index (χ2n) is 7.34. The molecule has 0 saturated carbocycles. The van der Waals surface area contributed by atoms with E-state index in [1.807, 2.05) is 0 Å². The summed E-state index contributed by atoms with van der Waals surface area (Å²) in [5.74, 6) is 0.793. The molecular weight excluding hydrogens is 334 g/mol. The number of anilines is 3. The second kappa shape index (κ2) is 8.05. The first-order valence-corrected chi connectivity index (χ1v) is 9.21. The number of aliphatic carboxylic acids is 1. The van der Waals surface area contributed by atoms with Gasteiger partial charge in [0.1, 0.15) is 11.6 Å². The van der Waals surface area contributed by atoms with Crippen LogP contribution in [0.15, 0.2) is 6.07 Å². The number of rotatable bonds is 5. The quantitative estimate of drug-likeness (QED) is 0.660. The zero-order valence-electron chi connectivity index (χ0n) is 15.3. The average molecular weight is 363 g/mol. The van der Waals surface area contributed by atoms with Gasteiger partial charge in [-0.1, -0.05) is 0 Å². The van der Waals surface area contributed by atoms with Crippen molar-refractivity contribution < 1.29 is 9.90 Å². The van der Waals surface area contributed by atoms with E-state index >= 15 is 0 Å². The predicted octanol–water partition coefficient (Wildman–Crippen LogP) is -0.0519. The molecule has 0 unspecified atom stereocenters. The van der Waals surface area contributed by atoms with Crippen LogP contribution in [0.3, 0.4) is 0 Å². The van der Waals surface area contributed by atoms with Crippen LogP contribution in [0.1, 0.15) is 19.3 Å². The summed E-state index contributed by atoms with van der Waals surface area (Å²) < 4.78 is 0. The molecule has 1 aromatic rings. The minimum Gasteiger partial charge on any atom is -0.481 e. The molecule has 2 saturated heterocycles. The number of carboxylic acid groups (broad SMARTS) is 1. The van der Waals surface area contributed by atoms with E-state index in [2.05, 4.69) is 31.7 Å². The van der Waals surface area contributed by atoms with Gasteiger partial charge in [-0.15, -0.1) is 0 Å². The van der Waals surface area contributed by atoms with Gasteiger partial charge in [0.15, 0.2) is 0 Å². The Kier molecular flexibility index (Phi) is 5.77. The summed E-state index contributed by atoms with van der Waals surface area (Å²) in [7, 11) is 2.14. The summed E-state index contributed by atoms with van der Waals surface area (Å²) in [6.07, 6.45) is 1.84. The third-order valence-electron chi connectivity index (χ3n) is 5.50. The average Bonchev–Trinajstić information content (AvgIpc) is 2.59. The highest BCUT2D eigenvalue weighted by Crippen LogP contribution is 2.30. The number of carboxylic acids is 1. The Labute approximate surface area is 154 Å². The van der Waals surface area contributed by atoms with Crippen LogP contribution in [0.25, 0.3) is 0 Å². The molecule has 0 amide bonds. The Balaban J connectivity index is 1.73. The van der Waals surface area contributed by atoms with Crippen molar-refractivity contribution in [2.45, 2.75) is 25.3 Å². The lowest BCUT2D eigenvalue weighted by atomic mass is 9.86. The van der Waals surface area contributed by atoms with E-state index in [1.165, 1.54) is 0 Å². The van der Waals surface area contributed by atoms with Crippen LogP contribution in [-0.4, -0.2) is 83.2 Å². The largest absolute Gasteiger partial charge is 0.481 e. The number of aromatic nitrogens is 2. The summed E-state index contributed by atoms with van der Waals surface area (Å²) in [4.78, 5) is 26.4. The Bertz CT molecular complexity index is 613. The summed E-state index contributed by atoms with van der Waals surface area (Å²) in [5.41, 5.74) is 11.5. The van der Waals surface area contributed by atoms with Gasteiger partial charge in [-0.3, -0.25) is 9.69 Å². The van der Waals surface area contributed by atoms with Crippen LogP contribution >= 0.6 is 0 Å². The first-order chi connectivity index (χ1) is 12.4. The van der Waals surface area contributed by atoms with Crippen molar-refractivity contribution in [3.8, 4) is 0 Å². The molecule has 9 nitrogen and oxygen atoms in total. The van der Waals surface area contributed by atoms with Crippen LogP contribution in [0.2, 0.25) is 0 Å². The summed E-state index contributed by atoms with van der Waals surface area (Å²) in [5, 5.41) is 9.14.